The van der Waals surface area contributed by atoms with E-state index in [1.165, 1.54) is 12.8 Å². The van der Waals surface area contributed by atoms with E-state index in [-0.39, 0.29) is 0 Å². The van der Waals surface area contributed by atoms with Crippen LogP contribution in [0.15, 0.2) is 31.0 Å². The van der Waals surface area contributed by atoms with Crippen molar-refractivity contribution in [2.75, 3.05) is 11.4 Å². The number of hydrogen-bond donors (Lipinski definition) is 1. The SMILES string of the molecule is C=CCN(c1ccc(CN)cn1)C1CC1. The van der Waals surface area contributed by atoms with Gasteiger partial charge in [-0.25, -0.2) is 4.98 Å². The second kappa shape index (κ2) is 4.45. The van der Waals surface area contributed by atoms with Gasteiger partial charge in [-0.2, -0.15) is 0 Å². The summed E-state index contributed by atoms with van der Waals surface area (Å²) in [4.78, 5) is 6.73. The lowest BCUT2D eigenvalue weighted by atomic mass is 10.3. The minimum absolute atomic E-state index is 0.554. The predicted molar refractivity (Wildman–Crippen MR) is 62.7 cm³/mol. The molecule has 80 valence electrons. The van der Waals surface area contributed by atoms with Crippen molar-refractivity contribution in [1.29, 1.82) is 0 Å². The zero-order valence-electron chi connectivity index (χ0n) is 8.89. The summed E-state index contributed by atoms with van der Waals surface area (Å²) in [6.07, 6.45) is 6.33. The number of aromatic nitrogens is 1. The van der Waals surface area contributed by atoms with Crippen molar-refractivity contribution in [3.63, 3.8) is 0 Å². The van der Waals surface area contributed by atoms with Gasteiger partial charge in [0.05, 0.1) is 0 Å². The monoisotopic (exact) mass is 203 g/mol. The molecule has 1 aromatic rings. The Morgan fingerprint density at radius 3 is 2.80 bits per heavy atom. The summed E-state index contributed by atoms with van der Waals surface area (Å²) in [6, 6.07) is 4.75. The van der Waals surface area contributed by atoms with Gasteiger partial charge in [0.25, 0.3) is 0 Å². The van der Waals surface area contributed by atoms with Gasteiger partial charge >= 0.3 is 0 Å². The lowest BCUT2D eigenvalue weighted by molar-refractivity contribution is 0.838. The third-order valence-electron chi connectivity index (χ3n) is 2.65. The standard InChI is InChI=1S/C12H17N3/c1-2-7-15(11-4-5-11)12-6-3-10(8-13)9-14-12/h2-3,6,9,11H,1,4-5,7-8,13H2. The molecule has 0 spiro atoms. The Morgan fingerprint density at radius 1 is 1.53 bits per heavy atom. The van der Waals surface area contributed by atoms with Crippen molar-refractivity contribution >= 4 is 5.82 Å². The Bertz CT molecular complexity index is 327. The average Bonchev–Trinajstić information content (AvgIpc) is 3.10. The molecule has 2 N–H and O–H groups in total. The molecule has 0 saturated heterocycles. The summed E-state index contributed by atoms with van der Waals surface area (Å²) in [5.41, 5.74) is 6.61. The van der Waals surface area contributed by atoms with Crippen LogP contribution in [0.2, 0.25) is 0 Å². The van der Waals surface area contributed by atoms with E-state index in [0.29, 0.717) is 12.6 Å². The Kier molecular flexibility index (Phi) is 3.02. The number of pyridine rings is 1. The lowest BCUT2D eigenvalue weighted by Crippen LogP contribution is -2.26. The van der Waals surface area contributed by atoms with Crippen molar-refractivity contribution < 1.29 is 0 Å². The summed E-state index contributed by atoms with van der Waals surface area (Å²) in [6.45, 7) is 5.21. The first-order valence-electron chi connectivity index (χ1n) is 5.37. The van der Waals surface area contributed by atoms with Crippen molar-refractivity contribution in [2.45, 2.75) is 25.4 Å². The molecular formula is C12H17N3. The van der Waals surface area contributed by atoms with Crippen molar-refractivity contribution in [3.05, 3.63) is 36.5 Å². The number of anilines is 1. The Labute approximate surface area is 90.6 Å². The maximum Gasteiger partial charge on any atom is 0.129 e. The smallest absolute Gasteiger partial charge is 0.129 e. The summed E-state index contributed by atoms with van der Waals surface area (Å²) < 4.78 is 0. The molecule has 3 heteroatoms. The van der Waals surface area contributed by atoms with E-state index in [2.05, 4.69) is 16.5 Å². The van der Waals surface area contributed by atoms with Gasteiger partial charge in [0.15, 0.2) is 0 Å². The zero-order chi connectivity index (χ0) is 10.7. The van der Waals surface area contributed by atoms with Crippen LogP contribution in [0.25, 0.3) is 0 Å². The second-order valence-electron chi connectivity index (χ2n) is 3.90. The highest BCUT2D eigenvalue weighted by Crippen LogP contribution is 2.30. The minimum atomic E-state index is 0.554. The van der Waals surface area contributed by atoms with E-state index < -0.39 is 0 Å². The zero-order valence-corrected chi connectivity index (χ0v) is 8.89. The van der Waals surface area contributed by atoms with Gasteiger partial charge in [0.1, 0.15) is 5.82 Å². The van der Waals surface area contributed by atoms with Crippen molar-refractivity contribution in [2.24, 2.45) is 5.73 Å². The molecule has 3 nitrogen and oxygen atoms in total. The van der Waals surface area contributed by atoms with Gasteiger partial charge in [-0.05, 0) is 24.5 Å². The van der Waals surface area contributed by atoms with E-state index in [9.17, 15) is 0 Å². The summed E-state index contributed by atoms with van der Waals surface area (Å²) in [7, 11) is 0. The third-order valence-corrected chi connectivity index (χ3v) is 2.65. The second-order valence-corrected chi connectivity index (χ2v) is 3.90. The fourth-order valence-corrected chi connectivity index (χ4v) is 1.66. The van der Waals surface area contributed by atoms with Gasteiger partial charge in [-0.15, -0.1) is 6.58 Å². The Balaban J connectivity index is 2.14. The Hall–Kier alpha value is -1.35. The largest absolute Gasteiger partial charge is 0.350 e. The fourth-order valence-electron chi connectivity index (χ4n) is 1.66. The van der Waals surface area contributed by atoms with Crippen LogP contribution in [0.5, 0.6) is 0 Å². The molecule has 0 unspecified atom stereocenters. The number of nitrogens with two attached hydrogens (primary N) is 1. The maximum atomic E-state index is 5.54. The van der Waals surface area contributed by atoms with Gasteiger partial charge < -0.3 is 10.6 Å². The molecule has 1 aliphatic rings. The molecule has 0 amide bonds. The van der Waals surface area contributed by atoms with Gasteiger partial charge in [0, 0.05) is 25.3 Å². The molecule has 1 aliphatic carbocycles. The normalized spacial score (nSPS) is 15.0. The van der Waals surface area contributed by atoms with Crippen LogP contribution in [0.3, 0.4) is 0 Å². The van der Waals surface area contributed by atoms with Crippen LogP contribution < -0.4 is 10.6 Å². The van der Waals surface area contributed by atoms with Crippen LogP contribution in [0.1, 0.15) is 18.4 Å². The van der Waals surface area contributed by atoms with Gasteiger partial charge in [-0.1, -0.05) is 12.1 Å². The maximum absolute atomic E-state index is 5.54. The van der Waals surface area contributed by atoms with E-state index in [1.807, 2.05) is 24.4 Å². The first kappa shape index (κ1) is 10.2. The highest BCUT2D eigenvalue weighted by Gasteiger charge is 2.28. The highest BCUT2D eigenvalue weighted by atomic mass is 15.2. The van der Waals surface area contributed by atoms with Crippen LogP contribution in [-0.4, -0.2) is 17.6 Å². The third kappa shape index (κ3) is 2.36. The predicted octanol–water partition coefficient (Wildman–Crippen LogP) is 1.70. The summed E-state index contributed by atoms with van der Waals surface area (Å²) in [5.74, 6) is 1.04. The topological polar surface area (TPSA) is 42.1 Å². The van der Waals surface area contributed by atoms with Gasteiger partial charge in [-0.3, -0.25) is 0 Å². The minimum Gasteiger partial charge on any atom is -0.350 e. The Morgan fingerprint density at radius 2 is 2.33 bits per heavy atom. The summed E-state index contributed by atoms with van der Waals surface area (Å²) >= 11 is 0. The quantitative estimate of drug-likeness (QED) is 0.740. The lowest BCUT2D eigenvalue weighted by Gasteiger charge is -2.21. The number of hydrogen-bond acceptors (Lipinski definition) is 3. The molecule has 0 radical (unpaired) electrons. The first-order chi connectivity index (χ1) is 7.35. The molecule has 0 aromatic carbocycles. The van der Waals surface area contributed by atoms with Crippen molar-refractivity contribution in [1.82, 2.24) is 4.98 Å². The van der Waals surface area contributed by atoms with E-state index in [0.717, 1.165) is 17.9 Å². The molecule has 1 saturated carbocycles. The molecule has 0 atom stereocenters. The summed E-state index contributed by atoms with van der Waals surface area (Å²) in [5, 5.41) is 0. The van der Waals surface area contributed by atoms with Crippen LogP contribution in [-0.2, 0) is 6.54 Å². The van der Waals surface area contributed by atoms with Crippen LogP contribution >= 0.6 is 0 Å². The van der Waals surface area contributed by atoms with Crippen molar-refractivity contribution in [3.8, 4) is 0 Å². The molecule has 0 aliphatic heterocycles. The number of nitrogens with zero attached hydrogens (tertiary/aromatic N) is 2. The van der Waals surface area contributed by atoms with E-state index in [1.54, 1.807) is 0 Å². The molecule has 0 bridgehead atoms. The average molecular weight is 203 g/mol. The van der Waals surface area contributed by atoms with Crippen LogP contribution in [0, 0.1) is 0 Å². The van der Waals surface area contributed by atoms with Crippen LogP contribution in [0.4, 0.5) is 5.82 Å². The molecule has 2 rings (SSSR count). The highest BCUT2D eigenvalue weighted by molar-refractivity contribution is 5.42. The molecular weight excluding hydrogens is 186 g/mol. The van der Waals surface area contributed by atoms with Gasteiger partial charge in [0.2, 0.25) is 0 Å². The molecule has 1 heterocycles. The fraction of sp³-hybridized carbons (Fsp3) is 0.417. The first-order valence-corrected chi connectivity index (χ1v) is 5.37. The van der Waals surface area contributed by atoms with E-state index >= 15 is 0 Å². The molecule has 1 aromatic heterocycles. The number of rotatable bonds is 5. The molecule has 1 fully saturated rings. The molecule has 15 heavy (non-hydrogen) atoms. The van der Waals surface area contributed by atoms with E-state index in [4.69, 9.17) is 5.73 Å².